The van der Waals surface area contributed by atoms with Gasteiger partial charge in [0.2, 0.25) is 6.29 Å². The molecule has 3 unspecified atom stereocenters. The van der Waals surface area contributed by atoms with Gasteiger partial charge in [-0.2, -0.15) is 5.26 Å². The highest BCUT2D eigenvalue weighted by Gasteiger charge is 2.53. The summed E-state index contributed by atoms with van der Waals surface area (Å²) in [6.07, 6.45) is -0.779. The zero-order chi connectivity index (χ0) is 32.9. The number of aliphatic carboxylic acids is 1. The molecule has 3 aromatic rings. The first-order valence-corrected chi connectivity index (χ1v) is 16.9. The smallest absolute Gasteiger partial charge is 0.410 e. The largest absolute Gasteiger partial charge is 0.480 e. The molecule has 0 bridgehead atoms. The zero-order valence-electron chi connectivity index (χ0n) is 25.5. The molecule has 0 aliphatic carbocycles. The quantitative estimate of drug-likeness (QED) is 0.208. The van der Waals surface area contributed by atoms with E-state index >= 15 is 4.21 Å². The molecule has 0 saturated carbocycles. The first kappa shape index (κ1) is 33.2. The van der Waals surface area contributed by atoms with E-state index in [1.54, 1.807) is 68.6 Å². The van der Waals surface area contributed by atoms with Gasteiger partial charge in [0.25, 0.3) is 0 Å². The van der Waals surface area contributed by atoms with Gasteiger partial charge in [-0.05, 0) is 50.7 Å². The third-order valence-corrected chi connectivity index (χ3v) is 11.0. The van der Waals surface area contributed by atoms with E-state index in [2.05, 4.69) is 16.1 Å². The topological polar surface area (TPSA) is 164 Å². The van der Waals surface area contributed by atoms with Crippen molar-refractivity contribution in [3.05, 3.63) is 95.6 Å². The van der Waals surface area contributed by atoms with Crippen molar-refractivity contribution in [1.29, 1.82) is 5.26 Å². The average molecular weight is 636 g/mol. The number of rotatable bonds is 11. The predicted octanol–water partition coefficient (Wildman–Crippen LogP) is 4.13. The van der Waals surface area contributed by atoms with Crippen molar-refractivity contribution in [2.45, 2.75) is 50.0 Å². The second kappa shape index (κ2) is 13.1. The molecule has 1 fully saturated rings. The summed E-state index contributed by atoms with van der Waals surface area (Å²) in [5, 5.41) is 21.5. The Balaban J connectivity index is 1.57. The van der Waals surface area contributed by atoms with Crippen molar-refractivity contribution >= 4 is 27.3 Å². The number of amides is 1. The van der Waals surface area contributed by atoms with Gasteiger partial charge in [-0.25, -0.2) is 14.3 Å². The van der Waals surface area contributed by atoms with Crippen molar-refractivity contribution in [1.82, 2.24) is 10.0 Å². The van der Waals surface area contributed by atoms with Crippen LogP contribution in [0.1, 0.15) is 37.5 Å². The maximum absolute atomic E-state index is 15.0. The Bertz CT molecular complexity index is 1690. The Morgan fingerprint density at radius 2 is 1.73 bits per heavy atom. The van der Waals surface area contributed by atoms with E-state index in [9.17, 15) is 24.8 Å². The minimum atomic E-state index is -3.83. The fraction of sp³-hybridized carbons (Fsp3) is 0.333. The average Bonchev–Trinajstić information content (AvgIpc) is 3.30. The monoisotopic (exact) mass is 635 g/mol. The highest BCUT2D eigenvalue weighted by Crippen LogP contribution is 2.45. The van der Waals surface area contributed by atoms with Gasteiger partial charge in [0.1, 0.15) is 11.8 Å². The Morgan fingerprint density at radius 1 is 1.02 bits per heavy atom. The maximum atomic E-state index is 15.0. The molecule has 4 rings (SSSR count). The molecule has 45 heavy (non-hydrogen) atoms. The van der Waals surface area contributed by atoms with Crippen LogP contribution in [-0.4, -0.2) is 58.2 Å². The molecule has 238 valence electrons. The van der Waals surface area contributed by atoms with E-state index in [0.29, 0.717) is 21.8 Å². The highest BCUT2D eigenvalue weighted by molar-refractivity contribution is 8.18. The Labute approximate surface area is 262 Å². The second-order valence-corrected chi connectivity index (χ2v) is 15.7. The third kappa shape index (κ3) is 7.87. The predicted molar refractivity (Wildman–Crippen MR) is 167 cm³/mol. The summed E-state index contributed by atoms with van der Waals surface area (Å²) in [6, 6.07) is 23.7. The molecule has 1 amide bonds. The lowest BCUT2D eigenvalue weighted by Crippen LogP contribution is -2.45. The molecule has 1 heterocycles. The van der Waals surface area contributed by atoms with Crippen LogP contribution in [0.5, 0.6) is 5.75 Å². The number of ether oxygens (including phenoxy) is 3. The molecule has 1 aliphatic heterocycles. The normalized spacial score (nSPS) is 20.4. The number of alkyl carbamates (subject to hydrolysis) is 1. The highest BCUT2D eigenvalue weighted by atomic mass is 32.3. The summed E-state index contributed by atoms with van der Waals surface area (Å²) in [4.78, 5) is 36.7. The van der Waals surface area contributed by atoms with Crippen LogP contribution in [0.3, 0.4) is 0 Å². The lowest BCUT2D eigenvalue weighted by Gasteiger charge is -2.37. The summed E-state index contributed by atoms with van der Waals surface area (Å²) >= 11 is 0. The summed E-state index contributed by atoms with van der Waals surface area (Å²) < 4.78 is 34.8. The van der Waals surface area contributed by atoms with Crippen molar-refractivity contribution in [3.63, 3.8) is 0 Å². The van der Waals surface area contributed by atoms with E-state index in [1.165, 1.54) is 6.92 Å². The van der Waals surface area contributed by atoms with Gasteiger partial charge in [-0.15, -0.1) is 0 Å². The van der Waals surface area contributed by atoms with E-state index in [1.807, 2.05) is 30.3 Å². The number of hydrogen-bond acceptors (Lipinski definition) is 8. The zero-order valence-corrected chi connectivity index (χ0v) is 26.3. The maximum Gasteiger partial charge on any atom is 0.410 e. The molecule has 1 aliphatic rings. The van der Waals surface area contributed by atoms with Crippen molar-refractivity contribution in [3.8, 4) is 11.8 Å². The van der Waals surface area contributed by atoms with Gasteiger partial charge >= 0.3 is 18.0 Å². The molecule has 1 saturated heterocycles. The van der Waals surface area contributed by atoms with Gasteiger partial charge in [0.05, 0.1) is 29.8 Å². The number of nitriles is 1. The third-order valence-electron chi connectivity index (χ3n) is 7.46. The molecular formula is C33H37N3O8S. The number of carboxylic acids is 1. The standard InChI is InChI=1S/C33H37N3O8S/c1-22(2)31(39)42-23(3)43-32(40)36-29(30(37)38)18-24-10-9-15-28(17-24)45(4,41)21-33(20-35-45,26-12-6-5-7-13-26)44-27-14-8-11-25(16-27)19-34/h5-17,22-23,29H,18,20-21H2,1-4H3,(H,35,41)(H,36,40)(H,37,38). The number of carbonyl (C=O) groups excluding carboxylic acids is 2. The summed E-state index contributed by atoms with van der Waals surface area (Å²) in [5.74, 6) is -1.78. The van der Waals surface area contributed by atoms with E-state index < -0.39 is 51.1 Å². The molecule has 3 N–H and O–H groups in total. The van der Waals surface area contributed by atoms with E-state index in [4.69, 9.17) is 14.2 Å². The number of hydrogen-bond donors (Lipinski definition) is 3. The molecule has 0 radical (unpaired) electrons. The number of carboxylic acid groups (broad SMARTS) is 1. The van der Waals surface area contributed by atoms with Gasteiger partial charge < -0.3 is 24.6 Å². The van der Waals surface area contributed by atoms with Crippen molar-refractivity contribution in [2.75, 3.05) is 18.6 Å². The minimum absolute atomic E-state index is 0.0639. The first-order valence-electron chi connectivity index (χ1n) is 14.3. The summed E-state index contributed by atoms with van der Waals surface area (Å²) in [7, 11) is -3.83. The molecule has 0 spiro atoms. The lowest BCUT2D eigenvalue weighted by molar-refractivity contribution is -0.169. The molecule has 11 nitrogen and oxygen atoms in total. The number of benzene rings is 3. The fourth-order valence-electron chi connectivity index (χ4n) is 5.13. The summed E-state index contributed by atoms with van der Waals surface area (Å²) in [5.41, 5.74) is 0.696. The van der Waals surface area contributed by atoms with Crippen LogP contribution in [0, 0.1) is 17.2 Å². The van der Waals surface area contributed by atoms with Crippen molar-refractivity contribution < 1.29 is 37.9 Å². The van der Waals surface area contributed by atoms with E-state index in [-0.39, 0.29) is 18.7 Å². The summed E-state index contributed by atoms with van der Waals surface area (Å²) in [6.45, 7) is 4.81. The van der Waals surface area contributed by atoms with Gasteiger partial charge in [0.15, 0.2) is 5.60 Å². The fourth-order valence-corrected chi connectivity index (χ4v) is 8.52. The molecular weight excluding hydrogens is 598 g/mol. The SMILES string of the molecule is CC(OC(=O)NC(Cc1cccc(S2(C)(=O)CC(Oc3cccc(C#N)c3)(c3ccccc3)CN2)c1)C(=O)O)OC(=O)C(C)C. The van der Waals surface area contributed by atoms with Crippen LogP contribution < -0.4 is 14.8 Å². The Kier molecular flexibility index (Phi) is 9.65. The van der Waals surface area contributed by atoms with Crippen LogP contribution in [0.4, 0.5) is 4.79 Å². The molecule has 0 aromatic heterocycles. The number of nitrogens with zero attached hydrogens (tertiary/aromatic N) is 1. The molecule has 12 heteroatoms. The van der Waals surface area contributed by atoms with Gasteiger partial charge in [-0.1, -0.05) is 62.4 Å². The lowest BCUT2D eigenvalue weighted by atomic mass is 9.95. The van der Waals surface area contributed by atoms with Crippen LogP contribution >= 0.6 is 0 Å². The first-order chi connectivity index (χ1) is 21.2. The van der Waals surface area contributed by atoms with Crippen LogP contribution in [0.2, 0.25) is 0 Å². The molecule has 3 atom stereocenters. The minimum Gasteiger partial charge on any atom is -0.480 e. The van der Waals surface area contributed by atoms with Crippen LogP contribution in [-0.2, 0) is 40.3 Å². The Hall–Kier alpha value is -4.73. The van der Waals surface area contributed by atoms with Crippen LogP contribution in [0.25, 0.3) is 0 Å². The van der Waals surface area contributed by atoms with Gasteiger partial charge in [0, 0.05) is 24.5 Å². The van der Waals surface area contributed by atoms with E-state index in [0.717, 1.165) is 5.56 Å². The molecule has 3 aromatic carbocycles. The van der Waals surface area contributed by atoms with Crippen LogP contribution in [0.15, 0.2) is 83.8 Å². The number of esters is 1. The number of carbonyl (C=O) groups is 3. The van der Waals surface area contributed by atoms with Gasteiger partial charge in [-0.3, -0.25) is 9.00 Å². The second-order valence-electron chi connectivity index (χ2n) is 11.6. The van der Waals surface area contributed by atoms with Crippen molar-refractivity contribution in [2.24, 2.45) is 5.92 Å². The Morgan fingerprint density at radius 3 is 2.40 bits per heavy atom. The number of nitrogens with one attached hydrogen (secondary N) is 2.